The molecule has 4 unspecified atom stereocenters. The average Bonchev–Trinajstić information content (AvgIpc) is 2.78. The molecule has 0 aromatic rings. The molecule has 0 spiro atoms. The van der Waals surface area contributed by atoms with Gasteiger partial charge in [0.2, 0.25) is 0 Å². The highest BCUT2D eigenvalue weighted by Gasteiger charge is 2.46. The Bertz CT molecular complexity index is 599. The van der Waals surface area contributed by atoms with Crippen molar-refractivity contribution in [1.29, 1.82) is 0 Å². The first-order valence-corrected chi connectivity index (χ1v) is 10.5. The normalized spacial score (nSPS) is 38.7. The number of nitrogens with one attached hydrogen (secondary N) is 1. The van der Waals surface area contributed by atoms with Gasteiger partial charge in [-0.1, -0.05) is 51.0 Å². The van der Waals surface area contributed by atoms with Gasteiger partial charge in [0.05, 0.1) is 0 Å². The molecule has 1 N–H and O–H groups in total. The molecule has 4 atom stereocenters. The van der Waals surface area contributed by atoms with Gasteiger partial charge in [-0.3, -0.25) is 0 Å². The van der Waals surface area contributed by atoms with Crippen LogP contribution >= 0.6 is 0 Å². The third kappa shape index (κ3) is 2.36. The maximum atomic E-state index is 6.24. The lowest BCUT2D eigenvalue weighted by molar-refractivity contribution is 0.165. The van der Waals surface area contributed by atoms with Crippen molar-refractivity contribution in [2.24, 2.45) is 17.8 Å². The second-order valence-electron chi connectivity index (χ2n) is 8.52. The third-order valence-corrected chi connectivity index (χ3v) is 7.19. The van der Waals surface area contributed by atoms with Crippen LogP contribution in [0.25, 0.3) is 0 Å². The molecular formula is C22H31NO. The molecule has 0 aromatic carbocycles. The van der Waals surface area contributed by atoms with Crippen LogP contribution < -0.4 is 5.32 Å². The summed E-state index contributed by atoms with van der Waals surface area (Å²) in [5.41, 5.74) is 4.75. The predicted molar refractivity (Wildman–Crippen MR) is 97.3 cm³/mol. The van der Waals surface area contributed by atoms with Crippen molar-refractivity contribution in [3.8, 4) is 0 Å². The van der Waals surface area contributed by atoms with Gasteiger partial charge in [0.25, 0.3) is 0 Å². The molecule has 0 aromatic heterocycles. The Morgan fingerprint density at radius 3 is 2.38 bits per heavy atom. The van der Waals surface area contributed by atoms with Crippen LogP contribution in [0.4, 0.5) is 0 Å². The number of fused-ring (bicyclic) bond motifs is 6. The Labute approximate surface area is 146 Å². The Balaban J connectivity index is 1.58. The second kappa shape index (κ2) is 6.28. The van der Waals surface area contributed by atoms with Crippen LogP contribution in [-0.4, -0.2) is 12.6 Å². The SMILES string of the molecule is C1=CC2=C(OC1)C1CCCCCC1C1=C2NC2CCCCCCC12. The lowest BCUT2D eigenvalue weighted by Crippen LogP contribution is -2.30. The van der Waals surface area contributed by atoms with E-state index in [4.69, 9.17) is 4.74 Å². The van der Waals surface area contributed by atoms with Gasteiger partial charge >= 0.3 is 0 Å². The van der Waals surface area contributed by atoms with Crippen LogP contribution in [-0.2, 0) is 4.74 Å². The summed E-state index contributed by atoms with van der Waals surface area (Å²) >= 11 is 0. The molecule has 2 nitrogen and oxygen atoms in total. The monoisotopic (exact) mass is 325 g/mol. The van der Waals surface area contributed by atoms with Crippen LogP contribution in [0.15, 0.2) is 34.8 Å². The Morgan fingerprint density at radius 1 is 0.792 bits per heavy atom. The van der Waals surface area contributed by atoms with Gasteiger partial charge in [-0.15, -0.1) is 0 Å². The molecule has 2 heteroatoms. The molecule has 3 aliphatic carbocycles. The largest absolute Gasteiger partial charge is 0.493 e. The fraction of sp³-hybridized carbons (Fsp3) is 0.727. The maximum absolute atomic E-state index is 6.24. The zero-order valence-corrected chi connectivity index (χ0v) is 14.9. The van der Waals surface area contributed by atoms with Crippen molar-refractivity contribution in [3.05, 3.63) is 34.8 Å². The van der Waals surface area contributed by atoms with E-state index in [0.29, 0.717) is 12.0 Å². The number of rotatable bonds is 0. The van der Waals surface area contributed by atoms with E-state index in [0.717, 1.165) is 18.4 Å². The smallest absolute Gasteiger partial charge is 0.109 e. The van der Waals surface area contributed by atoms with E-state index in [1.165, 1.54) is 87.7 Å². The molecule has 5 rings (SSSR count). The molecule has 0 bridgehead atoms. The third-order valence-electron chi connectivity index (χ3n) is 7.19. The first-order chi connectivity index (χ1) is 11.9. The van der Waals surface area contributed by atoms with Crippen molar-refractivity contribution in [3.63, 3.8) is 0 Å². The van der Waals surface area contributed by atoms with Gasteiger partial charge in [0.1, 0.15) is 12.4 Å². The molecule has 2 saturated carbocycles. The first kappa shape index (κ1) is 15.1. The summed E-state index contributed by atoms with van der Waals surface area (Å²) in [5, 5.41) is 4.01. The van der Waals surface area contributed by atoms with Crippen LogP contribution in [0.1, 0.15) is 70.6 Å². The lowest BCUT2D eigenvalue weighted by atomic mass is 9.69. The van der Waals surface area contributed by atoms with Crippen molar-refractivity contribution in [1.82, 2.24) is 5.32 Å². The molecule has 0 radical (unpaired) electrons. The highest BCUT2D eigenvalue weighted by atomic mass is 16.5. The summed E-state index contributed by atoms with van der Waals surface area (Å²) in [4.78, 5) is 0. The molecule has 130 valence electrons. The van der Waals surface area contributed by atoms with E-state index < -0.39 is 0 Å². The summed E-state index contributed by atoms with van der Waals surface area (Å²) in [6.45, 7) is 0.775. The average molecular weight is 325 g/mol. The highest BCUT2D eigenvalue weighted by molar-refractivity contribution is 5.53. The second-order valence-corrected chi connectivity index (χ2v) is 8.52. The first-order valence-electron chi connectivity index (χ1n) is 10.5. The number of ether oxygens (including phenoxy) is 1. The van der Waals surface area contributed by atoms with Crippen LogP contribution in [0, 0.1) is 17.8 Å². The van der Waals surface area contributed by atoms with Gasteiger partial charge in [-0.2, -0.15) is 0 Å². The highest BCUT2D eigenvalue weighted by Crippen LogP contribution is 2.53. The summed E-state index contributed by atoms with van der Waals surface area (Å²) < 4.78 is 6.24. The minimum Gasteiger partial charge on any atom is -0.493 e. The summed E-state index contributed by atoms with van der Waals surface area (Å²) in [5.74, 6) is 3.56. The van der Waals surface area contributed by atoms with E-state index in [-0.39, 0.29) is 0 Å². The predicted octanol–water partition coefficient (Wildman–Crippen LogP) is 5.23. The minimum atomic E-state index is 0.664. The summed E-state index contributed by atoms with van der Waals surface area (Å²) in [7, 11) is 0. The van der Waals surface area contributed by atoms with E-state index in [1.54, 1.807) is 0 Å². The van der Waals surface area contributed by atoms with Crippen LogP contribution in [0.2, 0.25) is 0 Å². The number of hydrogen-bond donors (Lipinski definition) is 1. The number of allylic oxidation sites excluding steroid dienone is 2. The number of hydrogen-bond acceptors (Lipinski definition) is 2. The molecule has 2 heterocycles. The van der Waals surface area contributed by atoms with Gasteiger partial charge in [-0.25, -0.2) is 0 Å². The molecule has 24 heavy (non-hydrogen) atoms. The zero-order chi connectivity index (χ0) is 15.9. The van der Waals surface area contributed by atoms with Crippen LogP contribution in [0.3, 0.4) is 0 Å². The standard InChI is InChI=1S/C22H31NO/c1-2-7-13-19-17(11-4-1)20-15-9-5-3-6-10-16(15)22-18(21(20)23-19)12-8-14-24-22/h8,12,15-17,19,23H,1-7,9-11,13-14H2. The van der Waals surface area contributed by atoms with Crippen molar-refractivity contribution in [2.45, 2.75) is 76.7 Å². The molecule has 2 fully saturated rings. The zero-order valence-electron chi connectivity index (χ0n) is 14.9. The van der Waals surface area contributed by atoms with Gasteiger partial charge < -0.3 is 10.1 Å². The molecule has 0 saturated heterocycles. The molecular weight excluding hydrogens is 294 g/mol. The van der Waals surface area contributed by atoms with E-state index in [1.807, 2.05) is 5.57 Å². The fourth-order valence-electron chi connectivity index (χ4n) is 6.15. The minimum absolute atomic E-state index is 0.664. The molecule has 2 aliphatic heterocycles. The summed E-state index contributed by atoms with van der Waals surface area (Å²) in [6.07, 6.45) is 20.0. The molecule has 0 amide bonds. The van der Waals surface area contributed by atoms with Crippen molar-refractivity contribution >= 4 is 0 Å². The fourth-order valence-corrected chi connectivity index (χ4v) is 6.15. The van der Waals surface area contributed by atoms with E-state index in [9.17, 15) is 0 Å². The Hall–Kier alpha value is -1.18. The van der Waals surface area contributed by atoms with Gasteiger partial charge in [0.15, 0.2) is 0 Å². The van der Waals surface area contributed by atoms with Crippen LogP contribution in [0.5, 0.6) is 0 Å². The summed E-state index contributed by atoms with van der Waals surface area (Å²) in [6, 6.07) is 0.696. The van der Waals surface area contributed by atoms with E-state index >= 15 is 0 Å². The van der Waals surface area contributed by atoms with E-state index in [2.05, 4.69) is 17.5 Å². The van der Waals surface area contributed by atoms with Gasteiger partial charge in [-0.05, 0) is 43.3 Å². The van der Waals surface area contributed by atoms with Gasteiger partial charge in [0, 0.05) is 29.1 Å². The van der Waals surface area contributed by atoms with Crippen molar-refractivity contribution < 1.29 is 4.74 Å². The van der Waals surface area contributed by atoms with Crippen molar-refractivity contribution in [2.75, 3.05) is 6.61 Å². The molecule has 5 aliphatic rings. The Kier molecular flexibility index (Phi) is 3.95. The lowest BCUT2D eigenvalue weighted by Gasteiger charge is -2.37. The quantitative estimate of drug-likeness (QED) is 0.658. The topological polar surface area (TPSA) is 21.3 Å². The maximum Gasteiger partial charge on any atom is 0.109 e. The Morgan fingerprint density at radius 2 is 1.50 bits per heavy atom.